The van der Waals surface area contributed by atoms with Crippen LogP contribution in [0, 0.1) is 0 Å². The lowest BCUT2D eigenvalue weighted by Crippen LogP contribution is -2.46. The number of nitrogens with one attached hydrogen (secondary N) is 2. The maximum Gasteiger partial charge on any atom is 0.234 e. The highest BCUT2D eigenvalue weighted by Crippen LogP contribution is 2.35. The molecule has 3 rings (SSSR count). The van der Waals surface area contributed by atoms with E-state index in [0.717, 1.165) is 31.4 Å². The van der Waals surface area contributed by atoms with Gasteiger partial charge in [-0.05, 0) is 25.8 Å². The van der Waals surface area contributed by atoms with Crippen LogP contribution in [-0.2, 0) is 21.3 Å². The van der Waals surface area contributed by atoms with Gasteiger partial charge in [0.15, 0.2) is 5.79 Å². The summed E-state index contributed by atoms with van der Waals surface area (Å²) < 4.78 is 13.2. The molecule has 1 unspecified atom stereocenters. The molecule has 0 bridgehead atoms. The summed E-state index contributed by atoms with van der Waals surface area (Å²) in [7, 11) is 1.90. The molecule has 1 saturated carbocycles. The zero-order valence-electron chi connectivity index (χ0n) is 13.9. The van der Waals surface area contributed by atoms with Gasteiger partial charge in [-0.25, -0.2) is 0 Å². The summed E-state index contributed by atoms with van der Waals surface area (Å²) >= 11 is 0. The molecule has 1 saturated heterocycles. The van der Waals surface area contributed by atoms with Crippen molar-refractivity contribution in [2.45, 2.75) is 50.5 Å². The molecule has 2 aliphatic rings. The lowest BCUT2D eigenvalue weighted by molar-refractivity contribution is -0.180. The van der Waals surface area contributed by atoms with Crippen LogP contribution in [0.3, 0.4) is 0 Å². The zero-order chi connectivity index (χ0) is 16.3. The van der Waals surface area contributed by atoms with Crippen LogP contribution in [-0.4, -0.2) is 47.3 Å². The van der Waals surface area contributed by atoms with Crippen LogP contribution in [0.1, 0.15) is 44.3 Å². The third kappa shape index (κ3) is 3.91. The molecule has 128 valence electrons. The Labute approximate surface area is 136 Å². The van der Waals surface area contributed by atoms with Gasteiger partial charge < -0.3 is 20.1 Å². The largest absolute Gasteiger partial charge is 0.352 e. The highest BCUT2D eigenvalue weighted by atomic mass is 16.7. The first-order valence-corrected chi connectivity index (χ1v) is 8.36. The monoisotopic (exact) mass is 322 g/mol. The molecule has 2 heterocycles. The van der Waals surface area contributed by atoms with Crippen molar-refractivity contribution in [3.63, 3.8) is 0 Å². The van der Waals surface area contributed by atoms with Crippen LogP contribution in [0.5, 0.6) is 0 Å². The number of carbonyl (C=O) groups is 1. The zero-order valence-corrected chi connectivity index (χ0v) is 13.9. The smallest absolute Gasteiger partial charge is 0.234 e. The van der Waals surface area contributed by atoms with Crippen molar-refractivity contribution < 1.29 is 14.3 Å². The van der Waals surface area contributed by atoms with E-state index in [4.69, 9.17) is 9.47 Å². The SMILES string of the molecule is CC(NCC(=O)NC1CCC2(CC1)OCCO2)c1ccnn1C. The van der Waals surface area contributed by atoms with Gasteiger partial charge in [0, 0.05) is 38.2 Å². The van der Waals surface area contributed by atoms with Crippen LogP contribution < -0.4 is 10.6 Å². The molecule has 0 aromatic carbocycles. The topological polar surface area (TPSA) is 77.4 Å². The Morgan fingerprint density at radius 3 is 2.74 bits per heavy atom. The predicted molar refractivity (Wildman–Crippen MR) is 84.7 cm³/mol. The minimum Gasteiger partial charge on any atom is -0.352 e. The van der Waals surface area contributed by atoms with E-state index in [1.807, 2.05) is 24.7 Å². The van der Waals surface area contributed by atoms with E-state index in [2.05, 4.69) is 15.7 Å². The van der Waals surface area contributed by atoms with E-state index in [1.165, 1.54) is 0 Å². The first-order chi connectivity index (χ1) is 11.1. The van der Waals surface area contributed by atoms with Crippen molar-refractivity contribution in [1.29, 1.82) is 0 Å². The molecule has 1 amide bonds. The van der Waals surface area contributed by atoms with Crippen molar-refractivity contribution in [1.82, 2.24) is 20.4 Å². The average Bonchev–Trinajstić information content (AvgIpc) is 3.17. The Bertz CT molecular complexity index is 529. The second kappa shape index (κ2) is 6.98. The summed E-state index contributed by atoms with van der Waals surface area (Å²) in [5.74, 6) is -0.332. The van der Waals surface area contributed by atoms with Crippen LogP contribution in [0.4, 0.5) is 0 Å². The molecule has 7 heteroatoms. The molecular formula is C16H26N4O3. The molecule has 7 nitrogen and oxygen atoms in total. The second-order valence-corrected chi connectivity index (χ2v) is 6.43. The molecule has 1 spiro atoms. The van der Waals surface area contributed by atoms with Crippen molar-refractivity contribution >= 4 is 5.91 Å². The van der Waals surface area contributed by atoms with Crippen LogP contribution in [0.2, 0.25) is 0 Å². The first kappa shape index (κ1) is 16.4. The summed E-state index contributed by atoms with van der Waals surface area (Å²) in [6, 6.07) is 2.26. The molecule has 1 atom stereocenters. The fourth-order valence-corrected chi connectivity index (χ4v) is 3.43. The number of hydrogen-bond donors (Lipinski definition) is 2. The summed E-state index contributed by atoms with van der Waals surface area (Å²) in [5.41, 5.74) is 1.06. The molecule has 2 fully saturated rings. The Hall–Kier alpha value is -1.44. The number of amides is 1. The highest BCUT2D eigenvalue weighted by Gasteiger charge is 2.40. The standard InChI is InChI=1S/C16H26N4O3/c1-12(14-5-8-18-20(14)2)17-11-15(21)19-13-3-6-16(7-4-13)22-9-10-23-16/h5,8,12-13,17H,3-4,6-7,9-11H2,1-2H3,(H,19,21). The number of aryl methyl sites for hydroxylation is 1. The van der Waals surface area contributed by atoms with Gasteiger partial charge in [0.2, 0.25) is 5.91 Å². The van der Waals surface area contributed by atoms with Gasteiger partial charge in [-0.15, -0.1) is 0 Å². The van der Waals surface area contributed by atoms with Crippen molar-refractivity contribution in [2.24, 2.45) is 7.05 Å². The van der Waals surface area contributed by atoms with Gasteiger partial charge in [0.1, 0.15) is 0 Å². The van der Waals surface area contributed by atoms with E-state index < -0.39 is 0 Å². The van der Waals surface area contributed by atoms with Gasteiger partial charge in [-0.3, -0.25) is 9.48 Å². The second-order valence-electron chi connectivity index (χ2n) is 6.43. The van der Waals surface area contributed by atoms with Crippen molar-refractivity contribution in [3.05, 3.63) is 18.0 Å². The number of hydrogen-bond acceptors (Lipinski definition) is 5. The predicted octanol–water partition coefficient (Wildman–Crippen LogP) is 0.873. The third-order valence-electron chi connectivity index (χ3n) is 4.80. The third-order valence-corrected chi connectivity index (χ3v) is 4.80. The fourth-order valence-electron chi connectivity index (χ4n) is 3.43. The Balaban J connectivity index is 1.39. The van der Waals surface area contributed by atoms with Gasteiger partial charge in [0.05, 0.1) is 25.5 Å². The van der Waals surface area contributed by atoms with Gasteiger partial charge >= 0.3 is 0 Å². The Kier molecular flexibility index (Phi) is 4.99. The van der Waals surface area contributed by atoms with Crippen molar-refractivity contribution in [3.8, 4) is 0 Å². The van der Waals surface area contributed by atoms with Gasteiger partial charge in [-0.1, -0.05) is 0 Å². The number of aromatic nitrogens is 2. The average molecular weight is 322 g/mol. The molecule has 1 aliphatic heterocycles. The Morgan fingerprint density at radius 1 is 1.43 bits per heavy atom. The number of nitrogens with zero attached hydrogens (tertiary/aromatic N) is 2. The van der Waals surface area contributed by atoms with E-state index in [1.54, 1.807) is 6.20 Å². The quantitative estimate of drug-likeness (QED) is 0.841. The molecular weight excluding hydrogens is 296 g/mol. The fraction of sp³-hybridized carbons (Fsp3) is 0.750. The molecule has 1 aromatic heterocycles. The van der Waals surface area contributed by atoms with E-state index in [9.17, 15) is 4.79 Å². The molecule has 1 aromatic rings. The van der Waals surface area contributed by atoms with Gasteiger partial charge in [0.25, 0.3) is 0 Å². The summed E-state index contributed by atoms with van der Waals surface area (Å²) in [6.07, 6.45) is 5.29. The maximum atomic E-state index is 12.1. The first-order valence-electron chi connectivity index (χ1n) is 8.36. The number of rotatable bonds is 5. The molecule has 0 radical (unpaired) electrons. The van der Waals surface area contributed by atoms with Crippen molar-refractivity contribution in [2.75, 3.05) is 19.8 Å². The molecule has 2 N–H and O–H groups in total. The maximum absolute atomic E-state index is 12.1. The summed E-state index contributed by atoms with van der Waals surface area (Å²) in [5, 5.41) is 10.5. The van der Waals surface area contributed by atoms with Crippen LogP contribution in [0.15, 0.2) is 12.3 Å². The van der Waals surface area contributed by atoms with Gasteiger partial charge in [-0.2, -0.15) is 5.10 Å². The van der Waals surface area contributed by atoms with Crippen LogP contribution in [0.25, 0.3) is 0 Å². The number of ether oxygens (including phenoxy) is 2. The van der Waals surface area contributed by atoms with E-state index >= 15 is 0 Å². The van der Waals surface area contributed by atoms with Crippen LogP contribution >= 0.6 is 0 Å². The minimum atomic E-state index is -0.368. The highest BCUT2D eigenvalue weighted by molar-refractivity contribution is 5.78. The normalized spacial score (nSPS) is 22.3. The molecule has 1 aliphatic carbocycles. The van der Waals surface area contributed by atoms with E-state index in [0.29, 0.717) is 19.8 Å². The number of carbonyl (C=O) groups excluding carboxylic acids is 1. The summed E-state index contributed by atoms with van der Waals surface area (Å²) in [6.45, 7) is 3.71. The molecule has 23 heavy (non-hydrogen) atoms. The lowest BCUT2D eigenvalue weighted by Gasteiger charge is -2.35. The van der Waals surface area contributed by atoms with E-state index in [-0.39, 0.29) is 23.8 Å². The summed E-state index contributed by atoms with van der Waals surface area (Å²) in [4.78, 5) is 12.1. The minimum absolute atomic E-state index is 0.0354. The Morgan fingerprint density at radius 2 is 2.13 bits per heavy atom. The lowest BCUT2D eigenvalue weighted by atomic mass is 9.90.